The topological polar surface area (TPSA) is 113 Å². The molecule has 1 aromatic heterocycles. The van der Waals surface area contributed by atoms with E-state index in [4.69, 9.17) is 18.9 Å². The zero-order valence-electron chi connectivity index (χ0n) is 19.9. The number of carbonyl (C=O) groups excluding carboxylic acids is 3. The Hall–Kier alpha value is -3.53. The van der Waals surface area contributed by atoms with Gasteiger partial charge in [-0.05, 0) is 49.8 Å². The number of rotatable bonds is 6. The number of carbonyl (C=O) groups is 3. The van der Waals surface area contributed by atoms with Gasteiger partial charge in [-0.2, -0.15) is 0 Å². The largest absolute Gasteiger partial charge is 0.493 e. The number of methoxy groups -OCH3 is 1. The Bertz CT molecular complexity index is 1040. The molecule has 1 fully saturated rings. The summed E-state index contributed by atoms with van der Waals surface area (Å²) in [6, 6.07) is 6.69. The van der Waals surface area contributed by atoms with Crippen molar-refractivity contribution in [1.29, 1.82) is 0 Å². The van der Waals surface area contributed by atoms with Crippen molar-refractivity contribution in [3.05, 3.63) is 53.6 Å². The van der Waals surface area contributed by atoms with Gasteiger partial charge in [0.1, 0.15) is 5.82 Å². The highest BCUT2D eigenvalue weighted by Gasteiger charge is 2.30. The molecule has 0 radical (unpaired) electrons. The van der Waals surface area contributed by atoms with Gasteiger partial charge in [0, 0.05) is 25.8 Å². The van der Waals surface area contributed by atoms with Crippen LogP contribution in [0.15, 0.2) is 36.5 Å². The highest BCUT2D eigenvalue weighted by Crippen LogP contribution is 2.30. The van der Waals surface area contributed by atoms with Gasteiger partial charge in [0.15, 0.2) is 17.5 Å². The summed E-state index contributed by atoms with van der Waals surface area (Å²) in [5.41, 5.74) is 0.781. The lowest BCUT2D eigenvalue weighted by Crippen LogP contribution is -2.46. The van der Waals surface area contributed by atoms with Crippen LogP contribution in [-0.4, -0.2) is 55.3 Å². The standard InChI is InChI=1S/C25H29FN2O7/c1-15-12-18(13-17-4-6-19(26)7-5-17)9-11-33-14-20(25(31)34-15)28-24(30)22-23(35-16(2)29)21(32-3)8-10-27-22/h4-8,10,15,18,20H,9,11-14H2,1-3H3,(H,28,30)/t15?,18?,20-/m0/s1. The van der Waals surface area contributed by atoms with Crippen molar-refractivity contribution in [3.63, 3.8) is 0 Å². The first-order valence-electron chi connectivity index (χ1n) is 11.3. The number of amides is 1. The van der Waals surface area contributed by atoms with E-state index in [0.29, 0.717) is 25.9 Å². The molecule has 0 aliphatic carbocycles. The minimum absolute atomic E-state index is 0.104. The first-order valence-corrected chi connectivity index (χ1v) is 11.3. The lowest BCUT2D eigenvalue weighted by molar-refractivity contribution is -0.154. The predicted molar refractivity (Wildman–Crippen MR) is 123 cm³/mol. The zero-order valence-corrected chi connectivity index (χ0v) is 19.9. The van der Waals surface area contributed by atoms with Gasteiger partial charge in [0.2, 0.25) is 5.75 Å². The summed E-state index contributed by atoms with van der Waals surface area (Å²) in [6.07, 6.45) is 2.91. The van der Waals surface area contributed by atoms with E-state index in [-0.39, 0.29) is 35.5 Å². The van der Waals surface area contributed by atoms with Crippen molar-refractivity contribution in [1.82, 2.24) is 10.3 Å². The third kappa shape index (κ3) is 7.48. The Morgan fingerprint density at radius 1 is 1.23 bits per heavy atom. The first kappa shape index (κ1) is 26.1. The summed E-state index contributed by atoms with van der Waals surface area (Å²) in [5.74, 6) is -2.17. The summed E-state index contributed by atoms with van der Waals surface area (Å²) in [7, 11) is 1.36. The Kier molecular flexibility index (Phi) is 9.13. The summed E-state index contributed by atoms with van der Waals surface area (Å²) in [5, 5.41) is 2.56. The van der Waals surface area contributed by atoms with Crippen LogP contribution in [0.25, 0.3) is 0 Å². The number of nitrogens with zero attached hydrogens (tertiary/aromatic N) is 1. The first-order chi connectivity index (χ1) is 16.8. The molecule has 0 saturated carbocycles. The molecule has 1 aliphatic rings. The van der Waals surface area contributed by atoms with Crippen LogP contribution < -0.4 is 14.8 Å². The fourth-order valence-corrected chi connectivity index (χ4v) is 3.90. The van der Waals surface area contributed by atoms with Gasteiger partial charge in [-0.1, -0.05) is 12.1 Å². The molecular formula is C25H29FN2O7. The average molecular weight is 489 g/mol. The summed E-state index contributed by atoms with van der Waals surface area (Å²) in [4.78, 5) is 41.2. The minimum atomic E-state index is -1.09. The molecule has 2 heterocycles. The fraction of sp³-hybridized carbons (Fsp3) is 0.440. The molecule has 35 heavy (non-hydrogen) atoms. The maximum Gasteiger partial charge on any atom is 0.331 e. The van der Waals surface area contributed by atoms with Gasteiger partial charge in [-0.3, -0.25) is 9.59 Å². The van der Waals surface area contributed by atoms with E-state index < -0.39 is 30.0 Å². The number of hydrogen-bond acceptors (Lipinski definition) is 8. The third-order valence-corrected chi connectivity index (χ3v) is 5.51. The zero-order chi connectivity index (χ0) is 25.4. The molecule has 2 unspecified atom stereocenters. The van der Waals surface area contributed by atoms with E-state index in [1.165, 1.54) is 38.4 Å². The summed E-state index contributed by atoms with van der Waals surface area (Å²) >= 11 is 0. The van der Waals surface area contributed by atoms with Gasteiger partial charge in [-0.15, -0.1) is 0 Å². The second-order valence-electron chi connectivity index (χ2n) is 8.35. The van der Waals surface area contributed by atoms with Crippen molar-refractivity contribution >= 4 is 17.8 Å². The number of ether oxygens (including phenoxy) is 4. The molecule has 2 aromatic rings. The fourth-order valence-electron chi connectivity index (χ4n) is 3.90. The van der Waals surface area contributed by atoms with Crippen LogP contribution in [0.4, 0.5) is 4.39 Å². The monoisotopic (exact) mass is 488 g/mol. The Labute approximate surface area is 202 Å². The van der Waals surface area contributed by atoms with Crippen LogP contribution in [0, 0.1) is 11.7 Å². The van der Waals surface area contributed by atoms with Crippen molar-refractivity contribution < 1.29 is 37.7 Å². The van der Waals surface area contributed by atoms with Crippen LogP contribution in [0.3, 0.4) is 0 Å². The van der Waals surface area contributed by atoms with Crippen molar-refractivity contribution in [2.75, 3.05) is 20.3 Å². The van der Waals surface area contributed by atoms with Crippen LogP contribution in [-0.2, 0) is 25.5 Å². The minimum Gasteiger partial charge on any atom is -0.493 e. The molecule has 1 aromatic carbocycles. The van der Waals surface area contributed by atoms with E-state index in [9.17, 15) is 18.8 Å². The van der Waals surface area contributed by atoms with E-state index in [2.05, 4.69) is 10.3 Å². The summed E-state index contributed by atoms with van der Waals surface area (Å²) < 4.78 is 34.7. The van der Waals surface area contributed by atoms with Gasteiger partial charge in [0.25, 0.3) is 5.91 Å². The number of pyridine rings is 1. The Morgan fingerprint density at radius 2 is 1.97 bits per heavy atom. The van der Waals surface area contributed by atoms with Gasteiger partial charge >= 0.3 is 11.9 Å². The SMILES string of the molecule is COc1ccnc(C(=O)N[C@H]2COCCC(Cc3ccc(F)cc3)CC(C)OC2=O)c1OC(C)=O. The Morgan fingerprint density at radius 3 is 2.66 bits per heavy atom. The molecule has 1 aliphatic heterocycles. The van der Waals surface area contributed by atoms with Crippen molar-refractivity contribution in [3.8, 4) is 11.5 Å². The number of hydrogen-bond donors (Lipinski definition) is 1. The molecule has 0 bridgehead atoms. The van der Waals surface area contributed by atoms with Gasteiger partial charge < -0.3 is 24.3 Å². The highest BCUT2D eigenvalue weighted by molar-refractivity contribution is 5.98. The lowest BCUT2D eigenvalue weighted by Gasteiger charge is -2.26. The molecule has 188 valence electrons. The molecule has 9 nitrogen and oxygen atoms in total. The number of cyclic esters (lactones) is 1. The quantitative estimate of drug-likeness (QED) is 0.618. The highest BCUT2D eigenvalue weighted by atomic mass is 19.1. The molecule has 0 spiro atoms. The normalized spacial score (nSPS) is 20.9. The van der Waals surface area contributed by atoms with Gasteiger partial charge in [0.05, 0.1) is 19.8 Å². The maximum absolute atomic E-state index is 13.2. The van der Waals surface area contributed by atoms with Crippen LogP contribution in [0.1, 0.15) is 42.7 Å². The summed E-state index contributed by atoms with van der Waals surface area (Å²) in [6.45, 7) is 3.24. The van der Waals surface area contributed by atoms with Crippen LogP contribution in [0.2, 0.25) is 0 Å². The maximum atomic E-state index is 13.2. The molecule has 3 atom stereocenters. The molecule has 1 N–H and O–H groups in total. The predicted octanol–water partition coefficient (Wildman–Crippen LogP) is 2.85. The molecule has 10 heteroatoms. The molecule has 1 amide bonds. The second-order valence-corrected chi connectivity index (χ2v) is 8.35. The van der Waals surface area contributed by atoms with Crippen LogP contribution in [0.5, 0.6) is 11.5 Å². The second kappa shape index (κ2) is 12.3. The van der Waals surface area contributed by atoms with E-state index in [0.717, 1.165) is 5.56 Å². The molecule has 1 saturated heterocycles. The van der Waals surface area contributed by atoms with E-state index >= 15 is 0 Å². The van der Waals surface area contributed by atoms with Crippen LogP contribution >= 0.6 is 0 Å². The third-order valence-electron chi connectivity index (χ3n) is 5.51. The number of halogens is 1. The van der Waals surface area contributed by atoms with Crippen molar-refractivity contribution in [2.24, 2.45) is 5.92 Å². The number of esters is 2. The number of aromatic nitrogens is 1. The van der Waals surface area contributed by atoms with Crippen molar-refractivity contribution in [2.45, 2.75) is 45.3 Å². The van der Waals surface area contributed by atoms with E-state index in [1.807, 2.05) is 0 Å². The average Bonchev–Trinajstić information content (AvgIpc) is 2.81. The lowest BCUT2D eigenvalue weighted by atomic mass is 9.91. The number of benzene rings is 1. The van der Waals surface area contributed by atoms with E-state index in [1.54, 1.807) is 19.1 Å². The smallest absolute Gasteiger partial charge is 0.331 e. The van der Waals surface area contributed by atoms with Gasteiger partial charge in [-0.25, -0.2) is 14.2 Å². The number of nitrogens with one attached hydrogen (secondary N) is 1. The molecular weight excluding hydrogens is 459 g/mol. The Balaban J connectivity index is 1.67. The molecule has 3 rings (SSSR count).